The van der Waals surface area contributed by atoms with Gasteiger partial charge >= 0.3 is 5.97 Å². The van der Waals surface area contributed by atoms with E-state index in [1.807, 2.05) is 0 Å². The SMILES string of the molecule is CCN1CCc2c(sc(NC(=O)C3CCN(S(=O)(=O)c4ccc(Cl)s4)CC3)c2C(=O)OC)C1. The molecule has 0 aromatic carbocycles. The Bertz CT molecular complexity index is 1150. The third kappa shape index (κ3) is 4.98. The number of nitrogens with one attached hydrogen (secondary N) is 1. The van der Waals surface area contributed by atoms with Gasteiger partial charge in [0.25, 0.3) is 10.0 Å². The third-order valence-electron chi connectivity index (χ3n) is 6.18. The number of likely N-dealkylation sites (N-methyl/N-ethyl adjacent to an activating group) is 1. The number of fused-ring (bicyclic) bond motifs is 1. The predicted octanol–water partition coefficient (Wildman–Crippen LogP) is 3.67. The van der Waals surface area contributed by atoms with E-state index in [1.165, 1.54) is 28.8 Å². The highest BCUT2D eigenvalue weighted by Crippen LogP contribution is 2.38. The highest BCUT2D eigenvalue weighted by molar-refractivity contribution is 7.91. The monoisotopic (exact) mass is 531 g/mol. The average Bonchev–Trinajstić information content (AvgIpc) is 3.41. The fourth-order valence-electron chi connectivity index (χ4n) is 4.27. The van der Waals surface area contributed by atoms with Crippen molar-refractivity contribution in [2.24, 2.45) is 5.92 Å². The van der Waals surface area contributed by atoms with Gasteiger partial charge < -0.3 is 10.1 Å². The number of carbonyl (C=O) groups is 2. The van der Waals surface area contributed by atoms with Crippen LogP contribution in [-0.4, -0.2) is 62.8 Å². The number of rotatable bonds is 6. The van der Waals surface area contributed by atoms with Gasteiger partial charge in [-0.05, 0) is 43.5 Å². The van der Waals surface area contributed by atoms with Gasteiger partial charge in [0, 0.05) is 37.0 Å². The molecule has 0 atom stereocenters. The van der Waals surface area contributed by atoms with Crippen LogP contribution in [0.3, 0.4) is 0 Å². The molecular weight excluding hydrogens is 506 g/mol. The number of piperidine rings is 1. The zero-order chi connectivity index (χ0) is 23.8. The molecule has 2 aliphatic rings. The van der Waals surface area contributed by atoms with Crippen molar-refractivity contribution in [2.45, 2.75) is 36.9 Å². The number of methoxy groups -OCH3 is 1. The maximum Gasteiger partial charge on any atom is 0.341 e. The Morgan fingerprint density at radius 3 is 2.55 bits per heavy atom. The van der Waals surface area contributed by atoms with Crippen LogP contribution < -0.4 is 5.32 Å². The number of nitrogens with zero attached hydrogens (tertiary/aromatic N) is 2. The molecule has 8 nitrogen and oxygen atoms in total. The molecule has 2 aromatic heterocycles. The highest BCUT2D eigenvalue weighted by Gasteiger charge is 2.34. The number of ether oxygens (including phenoxy) is 1. The second kappa shape index (κ2) is 10.0. The molecule has 1 saturated heterocycles. The summed E-state index contributed by atoms with van der Waals surface area (Å²) in [5, 5.41) is 3.48. The van der Waals surface area contributed by atoms with Gasteiger partial charge in [0.1, 0.15) is 9.21 Å². The number of halogens is 1. The van der Waals surface area contributed by atoms with E-state index in [0.29, 0.717) is 27.7 Å². The van der Waals surface area contributed by atoms with E-state index in [2.05, 4.69) is 17.1 Å². The molecule has 0 aliphatic carbocycles. The second-order valence-corrected chi connectivity index (χ2v) is 13.0. The lowest BCUT2D eigenvalue weighted by Gasteiger charge is -2.30. The molecule has 4 rings (SSSR count). The number of hydrogen-bond donors (Lipinski definition) is 1. The molecule has 0 bridgehead atoms. The quantitative estimate of drug-likeness (QED) is 0.571. The van der Waals surface area contributed by atoms with Gasteiger partial charge in [-0.2, -0.15) is 4.31 Å². The number of thiophene rings is 2. The zero-order valence-electron chi connectivity index (χ0n) is 18.4. The summed E-state index contributed by atoms with van der Waals surface area (Å²) in [5.41, 5.74) is 1.42. The first-order chi connectivity index (χ1) is 15.7. The van der Waals surface area contributed by atoms with Crippen molar-refractivity contribution in [3.8, 4) is 0 Å². The van der Waals surface area contributed by atoms with Crippen LogP contribution in [0, 0.1) is 5.92 Å². The minimum absolute atomic E-state index is 0.192. The second-order valence-electron chi connectivity index (χ2n) is 8.04. The maximum atomic E-state index is 13.0. The van der Waals surface area contributed by atoms with Gasteiger partial charge in [-0.1, -0.05) is 18.5 Å². The summed E-state index contributed by atoms with van der Waals surface area (Å²) in [4.78, 5) is 28.9. The molecule has 2 aromatic rings. The van der Waals surface area contributed by atoms with Crippen molar-refractivity contribution in [1.82, 2.24) is 9.21 Å². The van der Waals surface area contributed by atoms with Gasteiger partial charge in [-0.3, -0.25) is 9.69 Å². The van der Waals surface area contributed by atoms with Crippen LogP contribution in [0.25, 0.3) is 0 Å². The highest BCUT2D eigenvalue weighted by atomic mass is 35.5. The minimum atomic E-state index is -3.61. The molecule has 0 unspecified atom stereocenters. The predicted molar refractivity (Wildman–Crippen MR) is 130 cm³/mol. The molecule has 0 radical (unpaired) electrons. The molecule has 0 saturated carbocycles. The maximum absolute atomic E-state index is 13.0. The first-order valence-corrected chi connectivity index (χ1v) is 14.2. The van der Waals surface area contributed by atoms with E-state index in [-0.39, 0.29) is 29.1 Å². The number of hydrogen-bond acceptors (Lipinski definition) is 8. The molecular formula is C21H26ClN3O5S3. The average molecular weight is 532 g/mol. The Morgan fingerprint density at radius 1 is 1.21 bits per heavy atom. The van der Waals surface area contributed by atoms with Crippen molar-refractivity contribution in [3.63, 3.8) is 0 Å². The Morgan fingerprint density at radius 2 is 1.94 bits per heavy atom. The number of esters is 1. The summed E-state index contributed by atoms with van der Waals surface area (Å²) < 4.78 is 32.7. The number of sulfonamides is 1. The van der Waals surface area contributed by atoms with Crippen LogP contribution in [0.1, 0.15) is 40.6 Å². The molecule has 1 fully saturated rings. The standard InChI is InChI=1S/C21H26ClN3O5S3/c1-3-24-9-8-14-15(12-24)31-20(18(14)21(27)30-2)23-19(26)13-6-10-25(11-7-13)33(28,29)17-5-4-16(22)32-17/h4-5,13H,3,6-12H2,1-2H3,(H,23,26). The summed E-state index contributed by atoms with van der Waals surface area (Å²) in [6.07, 6.45) is 1.56. The van der Waals surface area contributed by atoms with Crippen LogP contribution in [0.5, 0.6) is 0 Å². The normalized spacial score (nSPS) is 18.2. The van der Waals surface area contributed by atoms with E-state index in [1.54, 1.807) is 6.07 Å². The molecule has 180 valence electrons. The fraction of sp³-hybridized carbons (Fsp3) is 0.524. The van der Waals surface area contributed by atoms with Crippen molar-refractivity contribution >= 4 is 61.2 Å². The van der Waals surface area contributed by atoms with Crippen LogP contribution in [0.4, 0.5) is 5.00 Å². The summed E-state index contributed by atoms with van der Waals surface area (Å²) >= 11 is 8.35. The van der Waals surface area contributed by atoms with Crippen LogP contribution in [0.2, 0.25) is 4.34 Å². The number of carbonyl (C=O) groups excluding carboxylic acids is 2. The molecule has 12 heteroatoms. The third-order valence-corrected chi connectivity index (χ3v) is 10.9. The van der Waals surface area contributed by atoms with Crippen molar-refractivity contribution in [3.05, 3.63) is 32.5 Å². The van der Waals surface area contributed by atoms with Crippen molar-refractivity contribution in [2.75, 3.05) is 38.6 Å². The van der Waals surface area contributed by atoms with Crippen LogP contribution in [0.15, 0.2) is 16.3 Å². The first kappa shape index (κ1) is 24.6. The Balaban J connectivity index is 1.45. The molecule has 1 N–H and O–H groups in total. The summed E-state index contributed by atoms with van der Waals surface area (Å²) in [6, 6.07) is 3.08. The van der Waals surface area contributed by atoms with Gasteiger partial charge in [0.15, 0.2) is 0 Å². The summed E-state index contributed by atoms with van der Waals surface area (Å²) in [7, 11) is -2.27. The minimum Gasteiger partial charge on any atom is -0.465 e. The van der Waals surface area contributed by atoms with Crippen molar-refractivity contribution < 1.29 is 22.7 Å². The summed E-state index contributed by atoms with van der Waals surface area (Å²) in [6.45, 7) is 5.14. The van der Waals surface area contributed by atoms with Gasteiger partial charge in [-0.15, -0.1) is 22.7 Å². The van der Waals surface area contributed by atoms with E-state index in [4.69, 9.17) is 16.3 Å². The van der Waals surface area contributed by atoms with E-state index in [9.17, 15) is 18.0 Å². The topological polar surface area (TPSA) is 96.0 Å². The van der Waals surface area contributed by atoms with Gasteiger partial charge in [0.2, 0.25) is 5.91 Å². The number of anilines is 1. The van der Waals surface area contributed by atoms with E-state index in [0.717, 1.165) is 47.8 Å². The Kier molecular flexibility index (Phi) is 7.47. The molecule has 4 heterocycles. The number of amides is 1. The Labute approximate surface area is 206 Å². The molecule has 0 spiro atoms. The van der Waals surface area contributed by atoms with Crippen LogP contribution >= 0.6 is 34.3 Å². The molecule has 33 heavy (non-hydrogen) atoms. The Hall–Kier alpha value is -1.50. The van der Waals surface area contributed by atoms with Gasteiger partial charge in [-0.25, -0.2) is 13.2 Å². The molecule has 1 amide bonds. The molecule has 2 aliphatic heterocycles. The van der Waals surface area contributed by atoms with Crippen LogP contribution in [-0.2, 0) is 32.5 Å². The summed E-state index contributed by atoms with van der Waals surface area (Å²) in [5.74, 6) is -0.967. The van der Waals surface area contributed by atoms with E-state index >= 15 is 0 Å². The zero-order valence-corrected chi connectivity index (χ0v) is 21.6. The fourth-order valence-corrected chi connectivity index (χ4v) is 8.66. The largest absolute Gasteiger partial charge is 0.465 e. The lowest BCUT2D eigenvalue weighted by atomic mass is 9.97. The van der Waals surface area contributed by atoms with E-state index < -0.39 is 16.0 Å². The smallest absolute Gasteiger partial charge is 0.341 e. The lowest BCUT2D eigenvalue weighted by Crippen LogP contribution is -2.41. The van der Waals surface area contributed by atoms with Crippen molar-refractivity contribution in [1.29, 1.82) is 0 Å². The first-order valence-electron chi connectivity index (χ1n) is 10.8. The van der Waals surface area contributed by atoms with Gasteiger partial charge in [0.05, 0.1) is 17.0 Å². The lowest BCUT2D eigenvalue weighted by molar-refractivity contribution is -0.120.